The Balaban J connectivity index is 1.84. The second-order valence-corrected chi connectivity index (χ2v) is 5.69. The predicted molar refractivity (Wildman–Crippen MR) is 72.3 cm³/mol. The minimum atomic E-state index is 0.555. The lowest BCUT2D eigenvalue weighted by atomic mass is 10.1. The van der Waals surface area contributed by atoms with Crippen LogP contribution in [0.3, 0.4) is 0 Å². The van der Waals surface area contributed by atoms with E-state index in [-0.39, 0.29) is 0 Å². The Hall–Kier alpha value is -0.550. The smallest absolute Gasteiger partial charge is 0.147 e. The van der Waals surface area contributed by atoms with Crippen LogP contribution in [0.1, 0.15) is 37.8 Å². The molecule has 5 heteroatoms. The van der Waals surface area contributed by atoms with Gasteiger partial charge in [0.2, 0.25) is 0 Å². The Kier molecular flexibility index (Phi) is 4.86. The fraction of sp³-hybridized carbons (Fsp3) is 0.833. The summed E-state index contributed by atoms with van der Waals surface area (Å²) >= 11 is 1.90. The zero-order valence-electron chi connectivity index (χ0n) is 10.8. The van der Waals surface area contributed by atoms with Crippen molar-refractivity contribution in [2.75, 3.05) is 12.0 Å². The van der Waals surface area contributed by atoms with Gasteiger partial charge in [0.25, 0.3) is 0 Å². The van der Waals surface area contributed by atoms with Crippen molar-refractivity contribution in [2.24, 2.45) is 0 Å². The largest absolute Gasteiger partial charge is 0.314 e. The lowest BCUT2D eigenvalue weighted by Gasteiger charge is -2.16. The van der Waals surface area contributed by atoms with Crippen molar-refractivity contribution in [3.8, 4) is 0 Å². The van der Waals surface area contributed by atoms with Gasteiger partial charge in [0.05, 0.1) is 6.54 Å². The summed E-state index contributed by atoms with van der Waals surface area (Å²) in [6, 6.07) is 0.555. The molecule has 0 saturated heterocycles. The van der Waals surface area contributed by atoms with Gasteiger partial charge in [0.15, 0.2) is 0 Å². The highest BCUT2D eigenvalue weighted by Crippen LogP contribution is 2.14. The molecule has 1 N–H and O–H groups in total. The molecule has 0 fully saturated rings. The number of aryl methyl sites for hydroxylation is 1. The van der Waals surface area contributed by atoms with Crippen molar-refractivity contribution < 1.29 is 0 Å². The van der Waals surface area contributed by atoms with Crippen LogP contribution in [0.4, 0.5) is 0 Å². The highest BCUT2D eigenvalue weighted by Gasteiger charge is 2.15. The van der Waals surface area contributed by atoms with Gasteiger partial charge in [-0.15, -0.1) is 10.2 Å². The second kappa shape index (κ2) is 6.40. The zero-order valence-corrected chi connectivity index (χ0v) is 11.6. The molecule has 0 aromatic carbocycles. The third kappa shape index (κ3) is 3.45. The van der Waals surface area contributed by atoms with Crippen molar-refractivity contribution in [2.45, 2.75) is 51.7 Å². The Morgan fingerprint density at radius 1 is 1.41 bits per heavy atom. The number of thioether (sulfide) groups is 1. The van der Waals surface area contributed by atoms with Gasteiger partial charge in [0.1, 0.15) is 11.6 Å². The first-order valence-electron chi connectivity index (χ1n) is 6.44. The Bertz CT molecular complexity index is 350. The maximum Gasteiger partial charge on any atom is 0.147 e. The molecule has 2 rings (SSSR count). The van der Waals surface area contributed by atoms with Gasteiger partial charge in [-0.3, -0.25) is 0 Å². The van der Waals surface area contributed by atoms with Gasteiger partial charge >= 0.3 is 0 Å². The number of nitrogens with zero attached hydrogens (tertiary/aromatic N) is 3. The summed E-state index contributed by atoms with van der Waals surface area (Å²) in [5, 5.41) is 12.1. The van der Waals surface area contributed by atoms with Gasteiger partial charge in [-0.05, 0) is 38.2 Å². The van der Waals surface area contributed by atoms with Crippen LogP contribution in [-0.4, -0.2) is 32.8 Å². The van der Waals surface area contributed by atoms with Gasteiger partial charge in [0, 0.05) is 19.0 Å². The molecule has 1 atom stereocenters. The Labute approximate surface area is 108 Å². The molecule has 0 radical (unpaired) electrons. The number of hydrogen-bond donors (Lipinski definition) is 1. The van der Waals surface area contributed by atoms with E-state index in [1.807, 2.05) is 11.8 Å². The number of aromatic nitrogens is 3. The summed E-state index contributed by atoms with van der Waals surface area (Å²) in [6.07, 6.45) is 6.98. The molecule has 1 aromatic heterocycles. The van der Waals surface area contributed by atoms with Gasteiger partial charge in [-0.2, -0.15) is 11.8 Å². The third-order valence-corrected chi connectivity index (χ3v) is 3.94. The summed E-state index contributed by atoms with van der Waals surface area (Å²) in [5.41, 5.74) is 0. The fourth-order valence-corrected chi connectivity index (χ4v) is 2.75. The summed E-state index contributed by atoms with van der Waals surface area (Å²) in [7, 11) is 0. The topological polar surface area (TPSA) is 42.7 Å². The van der Waals surface area contributed by atoms with Crippen LogP contribution in [-0.2, 0) is 19.5 Å². The quantitative estimate of drug-likeness (QED) is 0.841. The highest BCUT2D eigenvalue weighted by molar-refractivity contribution is 7.98. The fourth-order valence-electron chi connectivity index (χ4n) is 2.16. The van der Waals surface area contributed by atoms with E-state index in [1.165, 1.54) is 30.8 Å². The normalized spacial score (nSPS) is 16.8. The average Bonchev–Trinajstić information content (AvgIpc) is 2.77. The minimum absolute atomic E-state index is 0.555. The monoisotopic (exact) mass is 254 g/mol. The van der Waals surface area contributed by atoms with E-state index in [0.29, 0.717) is 6.04 Å². The van der Waals surface area contributed by atoms with Crippen LogP contribution in [0.25, 0.3) is 0 Å². The summed E-state index contributed by atoms with van der Waals surface area (Å²) < 4.78 is 2.29. The molecule has 1 aliphatic heterocycles. The van der Waals surface area contributed by atoms with Crippen LogP contribution in [0.5, 0.6) is 0 Å². The predicted octanol–water partition coefficient (Wildman–Crippen LogP) is 1.85. The molecule has 0 bridgehead atoms. The molecule has 0 aliphatic carbocycles. The van der Waals surface area contributed by atoms with E-state index in [2.05, 4.69) is 33.3 Å². The van der Waals surface area contributed by atoms with Crippen molar-refractivity contribution in [3.05, 3.63) is 11.6 Å². The summed E-state index contributed by atoms with van der Waals surface area (Å²) in [6.45, 7) is 4.19. The number of fused-ring (bicyclic) bond motifs is 1. The van der Waals surface area contributed by atoms with Gasteiger partial charge < -0.3 is 9.88 Å². The first-order valence-corrected chi connectivity index (χ1v) is 7.84. The zero-order chi connectivity index (χ0) is 12.1. The number of hydrogen-bond acceptors (Lipinski definition) is 4. The molecule has 1 aliphatic rings. The highest BCUT2D eigenvalue weighted by atomic mass is 32.2. The molecular weight excluding hydrogens is 232 g/mol. The molecule has 0 saturated carbocycles. The van der Waals surface area contributed by atoms with E-state index in [1.54, 1.807) is 0 Å². The molecule has 2 heterocycles. The molecule has 17 heavy (non-hydrogen) atoms. The Morgan fingerprint density at radius 3 is 3.12 bits per heavy atom. The molecule has 0 amide bonds. The third-order valence-electron chi connectivity index (χ3n) is 3.30. The average molecular weight is 254 g/mol. The minimum Gasteiger partial charge on any atom is -0.314 e. The molecule has 96 valence electrons. The van der Waals surface area contributed by atoms with Crippen LogP contribution in [0.2, 0.25) is 0 Å². The lowest BCUT2D eigenvalue weighted by Crippen LogP contribution is -2.28. The van der Waals surface area contributed by atoms with Crippen LogP contribution in [0, 0.1) is 0 Å². The van der Waals surface area contributed by atoms with Crippen molar-refractivity contribution in [1.29, 1.82) is 0 Å². The van der Waals surface area contributed by atoms with Gasteiger partial charge in [-0.1, -0.05) is 0 Å². The van der Waals surface area contributed by atoms with Crippen molar-refractivity contribution >= 4 is 11.8 Å². The van der Waals surface area contributed by atoms with Crippen LogP contribution >= 0.6 is 11.8 Å². The van der Waals surface area contributed by atoms with E-state index < -0.39 is 0 Å². The van der Waals surface area contributed by atoms with Crippen molar-refractivity contribution in [1.82, 2.24) is 20.1 Å². The van der Waals surface area contributed by atoms with Crippen LogP contribution < -0.4 is 5.32 Å². The first-order chi connectivity index (χ1) is 8.31. The lowest BCUT2D eigenvalue weighted by molar-refractivity contribution is 0.475. The summed E-state index contributed by atoms with van der Waals surface area (Å²) in [5.74, 6) is 3.49. The standard InChI is InChI=1S/C12H22N4S/c1-10(6-8-17-2)13-9-12-15-14-11-5-3-4-7-16(11)12/h10,13H,3-9H2,1-2H3. The molecule has 1 aromatic rings. The molecular formula is C12H22N4S. The van der Waals surface area contributed by atoms with E-state index in [4.69, 9.17) is 0 Å². The number of rotatable bonds is 6. The van der Waals surface area contributed by atoms with E-state index in [9.17, 15) is 0 Å². The summed E-state index contributed by atoms with van der Waals surface area (Å²) in [4.78, 5) is 0. The van der Waals surface area contributed by atoms with Gasteiger partial charge in [-0.25, -0.2) is 0 Å². The molecule has 4 nitrogen and oxygen atoms in total. The van der Waals surface area contributed by atoms with E-state index in [0.717, 1.165) is 25.3 Å². The Morgan fingerprint density at radius 2 is 2.29 bits per heavy atom. The SMILES string of the molecule is CSCCC(C)NCc1nnc2n1CCCC2. The second-order valence-electron chi connectivity index (χ2n) is 4.70. The maximum atomic E-state index is 4.30. The maximum absolute atomic E-state index is 4.30. The van der Waals surface area contributed by atoms with Crippen LogP contribution in [0.15, 0.2) is 0 Å². The molecule has 1 unspecified atom stereocenters. The first kappa shape index (κ1) is 12.9. The van der Waals surface area contributed by atoms with Crippen molar-refractivity contribution in [3.63, 3.8) is 0 Å². The van der Waals surface area contributed by atoms with E-state index >= 15 is 0 Å². The molecule has 0 spiro atoms. The number of nitrogens with one attached hydrogen (secondary N) is 1.